The van der Waals surface area contributed by atoms with Gasteiger partial charge in [-0.05, 0) is 37.5 Å². The SMILES string of the molecule is CC(=O)c1cccc(Nc2ncc3c(n2)-c2sc(N4CCOC4=O)nc2CC3)c1. The minimum absolute atomic E-state index is 0.00211. The number of nitrogens with one attached hydrogen (secondary N) is 1. The monoisotopic (exact) mass is 407 g/mol. The molecule has 0 radical (unpaired) electrons. The van der Waals surface area contributed by atoms with Gasteiger partial charge in [-0.15, -0.1) is 0 Å². The minimum atomic E-state index is -0.355. The number of carbonyl (C=O) groups excluding carboxylic acids is 2. The van der Waals surface area contributed by atoms with Crippen molar-refractivity contribution in [2.45, 2.75) is 19.8 Å². The summed E-state index contributed by atoms with van der Waals surface area (Å²) in [5.74, 6) is 0.454. The molecule has 8 nitrogen and oxygen atoms in total. The second-order valence-electron chi connectivity index (χ2n) is 6.87. The molecular formula is C20H17N5O3S. The number of cyclic esters (lactones) is 1. The standard InChI is InChI=1S/C20H17N5O3S/c1-11(26)12-3-2-4-14(9-12)22-18-21-10-13-5-6-15-17(16(13)24-18)29-19(23-15)25-7-8-28-20(25)27/h2-4,9-10H,5-8H2,1H3,(H,21,22,24). The molecule has 1 aliphatic carbocycles. The van der Waals surface area contributed by atoms with E-state index in [4.69, 9.17) is 9.72 Å². The van der Waals surface area contributed by atoms with Gasteiger partial charge in [-0.3, -0.25) is 4.79 Å². The van der Waals surface area contributed by atoms with E-state index in [0.29, 0.717) is 29.8 Å². The Morgan fingerprint density at radius 3 is 2.97 bits per heavy atom. The first kappa shape index (κ1) is 17.7. The largest absolute Gasteiger partial charge is 0.447 e. The third kappa shape index (κ3) is 3.23. The number of aryl methyl sites for hydroxylation is 2. The molecule has 0 saturated carbocycles. The molecule has 5 rings (SSSR count). The molecule has 3 heterocycles. The highest BCUT2D eigenvalue weighted by molar-refractivity contribution is 7.19. The molecule has 3 aromatic rings. The predicted molar refractivity (Wildman–Crippen MR) is 109 cm³/mol. The first-order valence-electron chi connectivity index (χ1n) is 9.27. The van der Waals surface area contributed by atoms with E-state index in [0.717, 1.165) is 40.4 Å². The lowest BCUT2D eigenvalue weighted by Gasteiger charge is -2.15. The fraction of sp³-hybridized carbons (Fsp3) is 0.250. The fourth-order valence-corrected chi connectivity index (χ4v) is 4.57. The summed E-state index contributed by atoms with van der Waals surface area (Å²) >= 11 is 1.45. The molecule has 29 heavy (non-hydrogen) atoms. The van der Waals surface area contributed by atoms with Crippen LogP contribution in [0.2, 0.25) is 0 Å². The maximum absolute atomic E-state index is 11.9. The molecule has 0 atom stereocenters. The molecule has 146 valence electrons. The number of thiazole rings is 1. The quantitative estimate of drug-likeness (QED) is 0.660. The van der Waals surface area contributed by atoms with Gasteiger partial charge in [0.15, 0.2) is 10.9 Å². The van der Waals surface area contributed by atoms with Crippen LogP contribution in [0.4, 0.5) is 21.6 Å². The Morgan fingerprint density at radius 1 is 1.28 bits per heavy atom. The van der Waals surface area contributed by atoms with E-state index in [1.54, 1.807) is 17.0 Å². The van der Waals surface area contributed by atoms with Gasteiger partial charge in [0.25, 0.3) is 0 Å². The zero-order valence-electron chi connectivity index (χ0n) is 15.6. The molecule has 0 spiro atoms. The first-order chi connectivity index (χ1) is 14.1. The zero-order chi connectivity index (χ0) is 20.0. The van der Waals surface area contributed by atoms with Gasteiger partial charge in [-0.25, -0.2) is 24.6 Å². The normalized spacial score (nSPS) is 14.9. The number of hydrogen-bond acceptors (Lipinski definition) is 8. The van der Waals surface area contributed by atoms with Gasteiger partial charge in [0.2, 0.25) is 5.95 Å². The van der Waals surface area contributed by atoms with Gasteiger partial charge >= 0.3 is 6.09 Å². The molecule has 9 heteroatoms. The number of hydrogen-bond donors (Lipinski definition) is 1. The van der Waals surface area contributed by atoms with Gasteiger partial charge in [0.05, 0.1) is 22.8 Å². The molecule has 1 aromatic carbocycles. The number of nitrogens with zero attached hydrogens (tertiary/aromatic N) is 4. The van der Waals surface area contributed by atoms with Crippen molar-refractivity contribution < 1.29 is 14.3 Å². The van der Waals surface area contributed by atoms with E-state index in [9.17, 15) is 9.59 Å². The Bertz CT molecular complexity index is 1140. The summed E-state index contributed by atoms with van der Waals surface area (Å²) in [5, 5.41) is 3.82. The third-order valence-electron chi connectivity index (χ3n) is 4.91. The van der Waals surface area contributed by atoms with E-state index in [1.165, 1.54) is 18.3 Å². The van der Waals surface area contributed by atoms with Gasteiger partial charge in [-0.1, -0.05) is 23.5 Å². The van der Waals surface area contributed by atoms with Crippen molar-refractivity contribution in [2.75, 3.05) is 23.4 Å². The summed E-state index contributed by atoms with van der Waals surface area (Å²) in [4.78, 5) is 39.8. The molecule has 2 aliphatic rings. The summed E-state index contributed by atoms with van der Waals surface area (Å²) in [6, 6.07) is 7.24. The number of anilines is 3. The lowest BCUT2D eigenvalue weighted by molar-refractivity contribution is 0.101. The zero-order valence-corrected chi connectivity index (χ0v) is 16.5. The Labute approximate surface area is 170 Å². The van der Waals surface area contributed by atoms with Crippen LogP contribution in [0.25, 0.3) is 10.6 Å². The fourth-order valence-electron chi connectivity index (χ4n) is 3.42. The molecule has 1 fully saturated rings. The van der Waals surface area contributed by atoms with Gasteiger partial charge in [0.1, 0.15) is 6.61 Å². The van der Waals surface area contributed by atoms with Crippen LogP contribution in [0.15, 0.2) is 30.5 Å². The lowest BCUT2D eigenvalue weighted by Crippen LogP contribution is -2.23. The number of rotatable bonds is 4. The highest BCUT2D eigenvalue weighted by Gasteiger charge is 2.30. The second kappa shape index (κ2) is 6.93. The second-order valence-corrected chi connectivity index (χ2v) is 7.85. The van der Waals surface area contributed by atoms with Crippen LogP contribution in [0.1, 0.15) is 28.5 Å². The first-order valence-corrected chi connectivity index (χ1v) is 10.1. The average molecular weight is 407 g/mol. The summed E-state index contributed by atoms with van der Waals surface area (Å²) in [5.41, 5.74) is 4.21. The van der Waals surface area contributed by atoms with Crippen LogP contribution in [0, 0.1) is 0 Å². The molecule has 0 unspecified atom stereocenters. The molecule has 1 saturated heterocycles. The Morgan fingerprint density at radius 2 is 2.17 bits per heavy atom. The van der Waals surface area contributed by atoms with Crippen molar-refractivity contribution in [1.82, 2.24) is 15.0 Å². The predicted octanol–water partition coefficient (Wildman–Crippen LogP) is 3.60. The van der Waals surface area contributed by atoms with Crippen molar-refractivity contribution in [3.8, 4) is 10.6 Å². The number of benzene rings is 1. The summed E-state index contributed by atoms with van der Waals surface area (Å²) in [7, 11) is 0. The van der Waals surface area contributed by atoms with Crippen LogP contribution in [-0.2, 0) is 17.6 Å². The number of ketones is 1. The summed E-state index contributed by atoms with van der Waals surface area (Å²) in [6.45, 7) is 2.43. The molecule has 2 aromatic heterocycles. The van der Waals surface area contributed by atoms with Crippen LogP contribution < -0.4 is 10.2 Å². The van der Waals surface area contributed by atoms with Crippen molar-refractivity contribution in [1.29, 1.82) is 0 Å². The van der Waals surface area contributed by atoms with Crippen molar-refractivity contribution in [2.24, 2.45) is 0 Å². The molecule has 0 bridgehead atoms. The maximum atomic E-state index is 11.9. The van der Waals surface area contributed by atoms with Gasteiger partial charge in [-0.2, -0.15) is 0 Å². The van der Waals surface area contributed by atoms with Crippen LogP contribution in [0.5, 0.6) is 0 Å². The molecule has 1 N–H and O–H groups in total. The molecular weight excluding hydrogens is 390 g/mol. The number of fused-ring (bicyclic) bond motifs is 3. The van der Waals surface area contributed by atoms with Crippen LogP contribution >= 0.6 is 11.3 Å². The molecule has 1 aliphatic heterocycles. The third-order valence-corrected chi connectivity index (χ3v) is 6.04. The van der Waals surface area contributed by atoms with E-state index in [-0.39, 0.29) is 11.9 Å². The van der Waals surface area contributed by atoms with Gasteiger partial charge in [0, 0.05) is 17.4 Å². The Hall–Kier alpha value is -3.33. The van der Waals surface area contributed by atoms with E-state index < -0.39 is 0 Å². The number of amides is 1. The topological polar surface area (TPSA) is 97.3 Å². The van der Waals surface area contributed by atoms with Crippen molar-refractivity contribution in [3.05, 3.63) is 47.3 Å². The number of carbonyl (C=O) groups is 2. The van der Waals surface area contributed by atoms with Crippen LogP contribution in [-0.4, -0.2) is 40.0 Å². The van der Waals surface area contributed by atoms with E-state index in [1.807, 2.05) is 18.3 Å². The summed E-state index contributed by atoms with van der Waals surface area (Å²) < 4.78 is 5.03. The van der Waals surface area contributed by atoms with E-state index in [2.05, 4.69) is 15.3 Å². The average Bonchev–Trinajstić information content (AvgIpc) is 3.34. The smallest absolute Gasteiger partial charge is 0.416 e. The number of Topliss-reactive ketones (excluding diaryl/α,β-unsaturated/α-hetero) is 1. The van der Waals surface area contributed by atoms with Crippen LogP contribution in [0.3, 0.4) is 0 Å². The molecule has 1 amide bonds. The number of ether oxygens (including phenoxy) is 1. The van der Waals surface area contributed by atoms with Gasteiger partial charge < -0.3 is 10.1 Å². The minimum Gasteiger partial charge on any atom is -0.447 e. The lowest BCUT2D eigenvalue weighted by atomic mass is 10.00. The highest BCUT2D eigenvalue weighted by Crippen LogP contribution is 2.40. The highest BCUT2D eigenvalue weighted by atomic mass is 32.1. The van der Waals surface area contributed by atoms with Crippen molar-refractivity contribution >= 4 is 40.0 Å². The maximum Gasteiger partial charge on any atom is 0.416 e. The Kier molecular flexibility index (Phi) is 4.24. The Balaban J connectivity index is 1.48. The summed E-state index contributed by atoms with van der Waals surface area (Å²) in [6.07, 6.45) is 3.06. The van der Waals surface area contributed by atoms with E-state index >= 15 is 0 Å². The number of aromatic nitrogens is 3. The van der Waals surface area contributed by atoms with Crippen molar-refractivity contribution in [3.63, 3.8) is 0 Å².